The third-order valence-electron chi connectivity index (χ3n) is 2.19. The molecule has 0 radical (unpaired) electrons. The average Bonchev–Trinajstić information content (AvgIpc) is 2.49. The second-order valence-corrected chi connectivity index (χ2v) is 3.64. The van der Waals surface area contributed by atoms with Gasteiger partial charge in [-0.05, 0) is 32.2 Å². The van der Waals surface area contributed by atoms with Crippen molar-refractivity contribution in [3.8, 4) is 0 Å². The fourth-order valence-corrected chi connectivity index (χ4v) is 1.35. The molecule has 0 spiro atoms. The Hall–Kier alpha value is -0.340. The Morgan fingerprint density at radius 2 is 2.50 bits per heavy atom. The standard InChI is InChI=1S/C10H19NO/c1-9(2)3-5-11-7-10-4-6-12-8-10/h10-11H,1,3-8H2,2H3. The highest BCUT2D eigenvalue weighted by Crippen LogP contribution is 2.10. The fraction of sp³-hybridized carbons (Fsp3) is 0.800. The molecule has 1 saturated heterocycles. The minimum Gasteiger partial charge on any atom is -0.381 e. The van der Waals surface area contributed by atoms with Crippen LogP contribution in [-0.4, -0.2) is 26.3 Å². The Balaban J connectivity index is 1.91. The molecule has 1 heterocycles. The molecule has 2 heteroatoms. The zero-order valence-corrected chi connectivity index (χ0v) is 7.94. The van der Waals surface area contributed by atoms with Gasteiger partial charge in [-0.2, -0.15) is 0 Å². The molecule has 0 bridgehead atoms. The zero-order valence-electron chi connectivity index (χ0n) is 7.94. The van der Waals surface area contributed by atoms with Crippen molar-refractivity contribution < 1.29 is 4.74 Å². The molecule has 0 saturated carbocycles. The molecule has 0 aromatic heterocycles. The highest BCUT2D eigenvalue weighted by molar-refractivity contribution is 4.88. The van der Waals surface area contributed by atoms with Gasteiger partial charge in [-0.1, -0.05) is 5.57 Å². The molecule has 1 fully saturated rings. The van der Waals surface area contributed by atoms with Crippen molar-refractivity contribution in [2.75, 3.05) is 26.3 Å². The molecular weight excluding hydrogens is 150 g/mol. The van der Waals surface area contributed by atoms with E-state index in [0.717, 1.165) is 38.6 Å². The molecule has 1 atom stereocenters. The maximum atomic E-state index is 5.28. The Labute approximate surface area is 75.0 Å². The molecule has 1 N–H and O–H groups in total. The van der Waals surface area contributed by atoms with E-state index in [0.29, 0.717) is 0 Å². The van der Waals surface area contributed by atoms with E-state index in [1.54, 1.807) is 0 Å². The van der Waals surface area contributed by atoms with Gasteiger partial charge in [0.15, 0.2) is 0 Å². The summed E-state index contributed by atoms with van der Waals surface area (Å²) in [5, 5.41) is 3.42. The van der Waals surface area contributed by atoms with Crippen molar-refractivity contribution in [1.29, 1.82) is 0 Å². The van der Waals surface area contributed by atoms with E-state index < -0.39 is 0 Å². The van der Waals surface area contributed by atoms with Crippen LogP contribution in [0.25, 0.3) is 0 Å². The van der Waals surface area contributed by atoms with Gasteiger partial charge in [0.25, 0.3) is 0 Å². The smallest absolute Gasteiger partial charge is 0.0507 e. The fourth-order valence-electron chi connectivity index (χ4n) is 1.35. The average molecular weight is 169 g/mol. The first-order chi connectivity index (χ1) is 5.79. The van der Waals surface area contributed by atoms with Crippen LogP contribution in [0.3, 0.4) is 0 Å². The van der Waals surface area contributed by atoms with Gasteiger partial charge in [0.2, 0.25) is 0 Å². The summed E-state index contributed by atoms with van der Waals surface area (Å²) in [7, 11) is 0. The molecule has 12 heavy (non-hydrogen) atoms. The van der Waals surface area contributed by atoms with Gasteiger partial charge in [-0.25, -0.2) is 0 Å². The third kappa shape index (κ3) is 3.88. The first-order valence-electron chi connectivity index (χ1n) is 4.72. The summed E-state index contributed by atoms with van der Waals surface area (Å²) in [5.74, 6) is 0.745. The van der Waals surface area contributed by atoms with Crippen LogP contribution in [0.2, 0.25) is 0 Å². The highest BCUT2D eigenvalue weighted by atomic mass is 16.5. The van der Waals surface area contributed by atoms with Crippen LogP contribution in [0.1, 0.15) is 19.8 Å². The van der Waals surface area contributed by atoms with Gasteiger partial charge < -0.3 is 10.1 Å². The zero-order chi connectivity index (χ0) is 8.81. The van der Waals surface area contributed by atoms with E-state index in [2.05, 4.69) is 18.8 Å². The van der Waals surface area contributed by atoms with E-state index in [9.17, 15) is 0 Å². The summed E-state index contributed by atoms with van der Waals surface area (Å²) in [6, 6.07) is 0. The maximum absolute atomic E-state index is 5.28. The molecule has 1 aliphatic rings. The summed E-state index contributed by atoms with van der Waals surface area (Å²) >= 11 is 0. The van der Waals surface area contributed by atoms with Crippen LogP contribution in [0.5, 0.6) is 0 Å². The van der Waals surface area contributed by atoms with Crippen molar-refractivity contribution in [1.82, 2.24) is 5.32 Å². The molecular formula is C10H19NO. The van der Waals surface area contributed by atoms with Crippen LogP contribution in [-0.2, 0) is 4.74 Å². The predicted molar refractivity (Wildman–Crippen MR) is 51.2 cm³/mol. The minimum absolute atomic E-state index is 0.745. The lowest BCUT2D eigenvalue weighted by Crippen LogP contribution is -2.24. The van der Waals surface area contributed by atoms with Crippen molar-refractivity contribution in [3.05, 3.63) is 12.2 Å². The molecule has 0 aromatic carbocycles. The number of hydrogen-bond acceptors (Lipinski definition) is 2. The van der Waals surface area contributed by atoms with Crippen LogP contribution < -0.4 is 5.32 Å². The Kier molecular flexibility index (Phi) is 4.33. The highest BCUT2D eigenvalue weighted by Gasteiger charge is 2.14. The monoisotopic (exact) mass is 169 g/mol. The first kappa shape index (κ1) is 9.75. The SMILES string of the molecule is C=C(C)CCNCC1CCOC1. The maximum Gasteiger partial charge on any atom is 0.0507 e. The number of rotatable bonds is 5. The summed E-state index contributed by atoms with van der Waals surface area (Å²) in [6.07, 6.45) is 2.31. The van der Waals surface area contributed by atoms with Gasteiger partial charge in [-0.3, -0.25) is 0 Å². The van der Waals surface area contributed by atoms with Crippen molar-refractivity contribution in [2.45, 2.75) is 19.8 Å². The van der Waals surface area contributed by atoms with Gasteiger partial charge in [0.05, 0.1) is 6.61 Å². The molecule has 0 aliphatic carbocycles. The second-order valence-electron chi connectivity index (χ2n) is 3.64. The number of nitrogens with one attached hydrogen (secondary N) is 1. The van der Waals surface area contributed by atoms with Gasteiger partial charge >= 0.3 is 0 Å². The lowest BCUT2D eigenvalue weighted by atomic mass is 10.1. The van der Waals surface area contributed by atoms with Gasteiger partial charge in [0.1, 0.15) is 0 Å². The largest absolute Gasteiger partial charge is 0.381 e. The lowest BCUT2D eigenvalue weighted by Gasteiger charge is -2.08. The van der Waals surface area contributed by atoms with Crippen LogP contribution in [0.15, 0.2) is 12.2 Å². The van der Waals surface area contributed by atoms with Gasteiger partial charge in [-0.15, -0.1) is 6.58 Å². The number of ether oxygens (including phenoxy) is 1. The quantitative estimate of drug-likeness (QED) is 0.498. The molecule has 70 valence electrons. The molecule has 1 unspecified atom stereocenters. The second kappa shape index (κ2) is 5.33. The van der Waals surface area contributed by atoms with E-state index in [4.69, 9.17) is 4.74 Å². The first-order valence-corrected chi connectivity index (χ1v) is 4.72. The number of hydrogen-bond donors (Lipinski definition) is 1. The summed E-state index contributed by atoms with van der Waals surface area (Å²) in [4.78, 5) is 0. The topological polar surface area (TPSA) is 21.3 Å². The van der Waals surface area contributed by atoms with E-state index in [-0.39, 0.29) is 0 Å². The van der Waals surface area contributed by atoms with E-state index in [1.165, 1.54) is 12.0 Å². The molecule has 1 rings (SSSR count). The van der Waals surface area contributed by atoms with Crippen LogP contribution >= 0.6 is 0 Å². The Morgan fingerprint density at radius 3 is 3.08 bits per heavy atom. The van der Waals surface area contributed by atoms with Crippen LogP contribution in [0, 0.1) is 5.92 Å². The molecule has 0 aromatic rings. The summed E-state index contributed by atoms with van der Waals surface area (Å²) in [6.45, 7) is 9.99. The van der Waals surface area contributed by atoms with Gasteiger partial charge in [0, 0.05) is 13.2 Å². The molecule has 1 aliphatic heterocycles. The molecule has 0 amide bonds. The summed E-state index contributed by atoms with van der Waals surface area (Å²) in [5.41, 5.74) is 1.25. The van der Waals surface area contributed by atoms with Crippen LogP contribution in [0.4, 0.5) is 0 Å². The predicted octanol–water partition coefficient (Wildman–Crippen LogP) is 1.58. The van der Waals surface area contributed by atoms with E-state index in [1.807, 2.05) is 0 Å². The normalized spacial score (nSPS) is 22.9. The lowest BCUT2D eigenvalue weighted by molar-refractivity contribution is 0.185. The van der Waals surface area contributed by atoms with Crippen molar-refractivity contribution >= 4 is 0 Å². The van der Waals surface area contributed by atoms with Crippen molar-refractivity contribution in [2.24, 2.45) is 5.92 Å². The summed E-state index contributed by atoms with van der Waals surface area (Å²) < 4.78 is 5.28. The Morgan fingerprint density at radius 1 is 1.67 bits per heavy atom. The minimum atomic E-state index is 0.745. The third-order valence-corrected chi connectivity index (χ3v) is 2.19. The molecule has 2 nitrogen and oxygen atoms in total. The Bertz CT molecular complexity index is 139. The van der Waals surface area contributed by atoms with Crippen molar-refractivity contribution in [3.63, 3.8) is 0 Å². The van der Waals surface area contributed by atoms with E-state index >= 15 is 0 Å².